The van der Waals surface area contributed by atoms with Gasteiger partial charge in [0.15, 0.2) is 0 Å². The van der Waals surface area contributed by atoms with Gasteiger partial charge in [-0.3, -0.25) is 0 Å². The predicted octanol–water partition coefficient (Wildman–Crippen LogP) is 0.563. The number of aliphatic hydroxyl groups is 1. The Labute approximate surface area is 30.2 Å². The van der Waals surface area contributed by atoms with Crippen LogP contribution >= 0.6 is 11.6 Å². The molecule has 0 bridgehead atoms. The Morgan fingerprint density at radius 3 is 2.00 bits per heavy atom. The topological polar surface area (TPSA) is 20.2 Å². The van der Waals surface area contributed by atoms with Crippen LogP contribution in [0.3, 0.4) is 0 Å². The van der Waals surface area contributed by atoms with E-state index in [2.05, 4.69) is 0 Å². The molecule has 0 aromatic rings. The molecule has 0 rings (SSSR count). The molecule has 26 valence electrons. The van der Waals surface area contributed by atoms with Crippen molar-refractivity contribution >= 4 is 11.6 Å². The van der Waals surface area contributed by atoms with Gasteiger partial charge in [0.25, 0.3) is 0 Å². The number of hydrogen-bond acceptors (Lipinski definition) is 1. The van der Waals surface area contributed by atoms with Crippen molar-refractivity contribution in [3.8, 4) is 0 Å². The van der Waals surface area contributed by atoms with Crippen molar-refractivity contribution in [3.63, 3.8) is 0 Å². The Balaban J connectivity index is 2.32. The molecule has 0 unspecified atom stereocenters. The van der Waals surface area contributed by atoms with Gasteiger partial charge in [0.2, 0.25) is 0 Å². The van der Waals surface area contributed by atoms with Crippen molar-refractivity contribution in [1.82, 2.24) is 0 Å². The van der Waals surface area contributed by atoms with Crippen LogP contribution in [0.25, 0.3) is 0 Å². The van der Waals surface area contributed by atoms with E-state index < -0.39 is 5.56 Å². The normalized spacial score (nSPS) is 15.8. The molecule has 0 amide bonds. The van der Waals surface area contributed by atoms with Gasteiger partial charge in [0.05, 0.1) is 0 Å². The summed E-state index contributed by atoms with van der Waals surface area (Å²) < 4.78 is 0. The van der Waals surface area contributed by atoms with E-state index in [0.717, 1.165) is 0 Å². The van der Waals surface area contributed by atoms with Crippen LogP contribution in [0.4, 0.5) is 0 Å². The quantitative estimate of drug-likeness (QED) is 0.422. The van der Waals surface area contributed by atoms with Gasteiger partial charge in [-0.25, -0.2) is 0 Å². The standard InChI is InChI=1S/C2H5ClO/c1-2(3)4/h2,4H,1H3/t2-/m0/s1. The van der Waals surface area contributed by atoms with Crippen LogP contribution in [0, 0.1) is 0 Å². The molecular formula is C2H5ClO. The summed E-state index contributed by atoms with van der Waals surface area (Å²) in [6, 6.07) is 0. The first-order chi connectivity index (χ1) is 1.73. The summed E-state index contributed by atoms with van der Waals surface area (Å²) in [4.78, 5) is 0. The lowest BCUT2D eigenvalue weighted by Gasteiger charge is -1.77. The summed E-state index contributed by atoms with van der Waals surface area (Å²) in [5, 5.41) is 7.82. The minimum atomic E-state index is -0.694. The molecule has 0 saturated carbocycles. The number of halogens is 1. The highest BCUT2D eigenvalue weighted by Crippen LogP contribution is 1.79. The van der Waals surface area contributed by atoms with Crippen molar-refractivity contribution in [2.75, 3.05) is 0 Å². The average Bonchev–Trinajstić information content (AvgIpc) is 0.811. The van der Waals surface area contributed by atoms with Crippen molar-refractivity contribution in [2.45, 2.75) is 12.5 Å². The maximum absolute atomic E-state index is 7.82. The summed E-state index contributed by atoms with van der Waals surface area (Å²) in [7, 11) is 0. The second kappa shape index (κ2) is 1.56. The molecule has 2 heteroatoms. The van der Waals surface area contributed by atoms with E-state index in [9.17, 15) is 0 Å². The van der Waals surface area contributed by atoms with Crippen molar-refractivity contribution in [3.05, 3.63) is 0 Å². The number of hydrogen-bond donors (Lipinski definition) is 1. The fraction of sp³-hybridized carbons (Fsp3) is 1.00. The summed E-state index contributed by atoms with van der Waals surface area (Å²) in [6.07, 6.45) is 0. The number of alkyl halides is 1. The van der Waals surface area contributed by atoms with Gasteiger partial charge in [-0.1, -0.05) is 11.6 Å². The first-order valence-corrected chi connectivity index (χ1v) is 1.49. The van der Waals surface area contributed by atoms with Crippen LogP contribution in [-0.2, 0) is 0 Å². The molecule has 1 nitrogen and oxygen atoms in total. The van der Waals surface area contributed by atoms with Crippen molar-refractivity contribution in [1.29, 1.82) is 0 Å². The molecule has 0 aromatic heterocycles. The van der Waals surface area contributed by atoms with E-state index >= 15 is 0 Å². The monoisotopic (exact) mass is 80.0 g/mol. The van der Waals surface area contributed by atoms with E-state index in [1.807, 2.05) is 0 Å². The molecule has 1 atom stereocenters. The molecule has 4 heavy (non-hydrogen) atoms. The summed E-state index contributed by atoms with van der Waals surface area (Å²) in [6.45, 7) is 1.49. The third kappa shape index (κ3) is 56.3. The Hall–Kier alpha value is 0.250. The Morgan fingerprint density at radius 1 is 2.00 bits per heavy atom. The third-order valence-corrected chi connectivity index (χ3v) is 0. The SMILES string of the molecule is C[C@H](O)Cl. The van der Waals surface area contributed by atoms with Gasteiger partial charge in [0.1, 0.15) is 5.56 Å². The van der Waals surface area contributed by atoms with Crippen LogP contribution in [0.2, 0.25) is 0 Å². The number of aliphatic hydroxyl groups excluding tert-OH is 1. The highest BCUT2D eigenvalue weighted by atomic mass is 35.5. The maximum Gasteiger partial charge on any atom is 0.125 e. The first kappa shape index (κ1) is 4.25. The van der Waals surface area contributed by atoms with Crippen molar-refractivity contribution < 1.29 is 5.11 Å². The van der Waals surface area contributed by atoms with Crippen molar-refractivity contribution in [2.24, 2.45) is 0 Å². The summed E-state index contributed by atoms with van der Waals surface area (Å²) in [5.41, 5.74) is -0.694. The van der Waals surface area contributed by atoms with Crippen LogP contribution in [-0.4, -0.2) is 10.7 Å². The highest BCUT2D eigenvalue weighted by Gasteiger charge is 1.72. The van der Waals surface area contributed by atoms with Crippen LogP contribution in [0.5, 0.6) is 0 Å². The zero-order valence-electron chi connectivity index (χ0n) is 2.40. The van der Waals surface area contributed by atoms with Gasteiger partial charge >= 0.3 is 0 Å². The molecule has 0 heterocycles. The van der Waals surface area contributed by atoms with Crippen LogP contribution in [0.1, 0.15) is 6.92 Å². The van der Waals surface area contributed by atoms with E-state index in [1.165, 1.54) is 6.92 Å². The van der Waals surface area contributed by atoms with Gasteiger partial charge < -0.3 is 5.11 Å². The fourth-order valence-electron chi connectivity index (χ4n) is 0. The minimum Gasteiger partial charge on any atom is -0.378 e. The molecular weight excluding hydrogens is 75.5 g/mol. The first-order valence-electron chi connectivity index (χ1n) is 1.05. The lowest BCUT2D eigenvalue weighted by molar-refractivity contribution is 0.277. The largest absolute Gasteiger partial charge is 0.378 e. The lowest BCUT2D eigenvalue weighted by Crippen LogP contribution is -1.79. The Kier molecular flexibility index (Phi) is 1.66. The Morgan fingerprint density at radius 2 is 2.00 bits per heavy atom. The van der Waals surface area contributed by atoms with Crippen LogP contribution < -0.4 is 0 Å². The molecule has 0 spiro atoms. The van der Waals surface area contributed by atoms with E-state index in [-0.39, 0.29) is 0 Å². The van der Waals surface area contributed by atoms with Gasteiger partial charge in [-0.05, 0) is 6.92 Å². The summed E-state index contributed by atoms with van der Waals surface area (Å²) >= 11 is 4.83. The predicted molar refractivity (Wildman–Crippen MR) is 17.5 cm³/mol. The molecule has 0 aliphatic rings. The lowest BCUT2D eigenvalue weighted by atomic mass is 10.9. The molecule has 0 aromatic carbocycles. The van der Waals surface area contributed by atoms with E-state index in [1.54, 1.807) is 0 Å². The average molecular weight is 80.5 g/mol. The molecule has 1 N–H and O–H groups in total. The molecule has 0 aliphatic carbocycles. The second-order valence-electron chi connectivity index (χ2n) is 0.574. The van der Waals surface area contributed by atoms with E-state index in [4.69, 9.17) is 16.7 Å². The molecule has 0 saturated heterocycles. The molecule has 0 radical (unpaired) electrons. The highest BCUT2D eigenvalue weighted by molar-refractivity contribution is 6.19. The van der Waals surface area contributed by atoms with Gasteiger partial charge in [0, 0.05) is 0 Å². The van der Waals surface area contributed by atoms with Gasteiger partial charge in [-0.2, -0.15) is 0 Å². The minimum absolute atomic E-state index is 0.694. The number of rotatable bonds is 0. The smallest absolute Gasteiger partial charge is 0.125 e. The molecule has 0 aliphatic heterocycles. The second-order valence-corrected chi connectivity index (χ2v) is 1.21. The maximum atomic E-state index is 7.82. The zero-order valence-corrected chi connectivity index (χ0v) is 3.16. The van der Waals surface area contributed by atoms with E-state index in [0.29, 0.717) is 0 Å². The van der Waals surface area contributed by atoms with Crippen LogP contribution in [0.15, 0.2) is 0 Å². The third-order valence-electron chi connectivity index (χ3n) is 0. The molecule has 0 fully saturated rings. The fourth-order valence-corrected chi connectivity index (χ4v) is 0. The summed E-state index contributed by atoms with van der Waals surface area (Å²) in [5.74, 6) is 0. The van der Waals surface area contributed by atoms with Gasteiger partial charge in [-0.15, -0.1) is 0 Å². The zero-order chi connectivity index (χ0) is 3.58. The Bertz CT molecular complexity index is 10.8.